The third kappa shape index (κ3) is 5.83. The monoisotopic (exact) mass is 519 g/mol. The summed E-state index contributed by atoms with van der Waals surface area (Å²) in [5.74, 6) is 0.644. The van der Waals surface area contributed by atoms with Crippen molar-refractivity contribution >= 4 is 17.5 Å². The predicted molar refractivity (Wildman–Crippen MR) is 143 cm³/mol. The van der Waals surface area contributed by atoms with Crippen LogP contribution >= 0.6 is 0 Å². The summed E-state index contributed by atoms with van der Waals surface area (Å²) >= 11 is 0. The van der Waals surface area contributed by atoms with E-state index in [1.165, 1.54) is 0 Å². The normalized spacial score (nSPS) is 19.0. The Morgan fingerprint density at radius 2 is 1.84 bits per heavy atom. The Morgan fingerprint density at radius 3 is 2.63 bits per heavy atom. The Balaban J connectivity index is 1.17. The topological polar surface area (TPSA) is 89.3 Å². The SMILES string of the molecule is CCOC(=O)[C@H]1CCCCN1Cc1cccc(OC2CCN(C(=O)c3cc4nc(C)cc(C)n4n3)CC2)c1. The van der Waals surface area contributed by atoms with Gasteiger partial charge in [-0.1, -0.05) is 18.6 Å². The van der Waals surface area contributed by atoms with Crippen molar-refractivity contribution in [2.24, 2.45) is 0 Å². The number of carbonyl (C=O) groups excluding carboxylic acids is 2. The molecule has 2 aliphatic heterocycles. The maximum atomic E-state index is 13.1. The van der Waals surface area contributed by atoms with Crippen molar-refractivity contribution in [2.45, 2.75) is 71.6 Å². The molecule has 2 aliphatic rings. The van der Waals surface area contributed by atoms with Gasteiger partial charge in [0, 0.05) is 49.9 Å². The fourth-order valence-corrected chi connectivity index (χ4v) is 5.56. The zero-order chi connectivity index (χ0) is 26.6. The highest BCUT2D eigenvalue weighted by Crippen LogP contribution is 2.25. The number of fused-ring (bicyclic) bond motifs is 1. The van der Waals surface area contributed by atoms with Crippen LogP contribution in [0.4, 0.5) is 0 Å². The van der Waals surface area contributed by atoms with E-state index in [0.29, 0.717) is 37.6 Å². The number of hydrogen-bond donors (Lipinski definition) is 0. The number of piperidine rings is 2. The molecule has 2 fully saturated rings. The zero-order valence-electron chi connectivity index (χ0n) is 22.6. The van der Waals surface area contributed by atoms with Crippen molar-refractivity contribution in [2.75, 3.05) is 26.2 Å². The van der Waals surface area contributed by atoms with Crippen LogP contribution in [0.3, 0.4) is 0 Å². The molecule has 0 saturated carbocycles. The number of nitrogens with zero attached hydrogens (tertiary/aromatic N) is 5. The van der Waals surface area contributed by atoms with Crippen molar-refractivity contribution in [3.8, 4) is 5.75 Å². The fourth-order valence-electron chi connectivity index (χ4n) is 5.56. The molecule has 38 heavy (non-hydrogen) atoms. The Morgan fingerprint density at radius 1 is 1.03 bits per heavy atom. The quantitative estimate of drug-likeness (QED) is 0.437. The van der Waals surface area contributed by atoms with Crippen LogP contribution in [-0.4, -0.2) is 74.7 Å². The van der Waals surface area contributed by atoms with Crippen LogP contribution < -0.4 is 4.74 Å². The third-order valence-electron chi connectivity index (χ3n) is 7.44. The van der Waals surface area contributed by atoms with Crippen molar-refractivity contribution in [1.29, 1.82) is 0 Å². The summed E-state index contributed by atoms with van der Waals surface area (Å²) in [5.41, 5.74) is 4.11. The molecule has 0 spiro atoms. The third-order valence-corrected chi connectivity index (χ3v) is 7.44. The highest BCUT2D eigenvalue weighted by Gasteiger charge is 2.30. The second kappa shape index (κ2) is 11.5. The molecule has 0 bridgehead atoms. The number of carbonyl (C=O) groups is 2. The van der Waals surface area contributed by atoms with Gasteiger partial charge in [-0.25, -0.2) is 9.50 Å². The largest absolute Gasteiger partial charge is 0.490 e. The molecule has 0 radical (unpaired) electrons. The summed E-state index contributed by atoms with van der Waals surface area (Å²) in [6, 6.07) is 11.7. The maximum absolute atomic E-state index is 13.1. The lowest BCUT2D eigenvalue weighted by molar-refractivity contribution is -0.151. The van der Waals surface area contributed by atoms with E-state index in [9.17, 15) is 9.59 Å². The summed E-state index contributed by atoms with van der Waals surface area (Å²) in [6.45, 7) is 9.00. The van der Waals surface area contributed by atoms with Crippen molar-refractivity contribution < 1.29 is 19.1 Å². The second-order valence-corrected chi connectivity index (χ2v) is 10.3. The Hall–Kier alpha value is -3.46. The lowest BCUT2D eigenvalue weighted by atomic mass is 10.0. The molecule has 9 nitrogen and oxygen atoms in total. The molecule has 0 aliphatic carbocycles. The first-order chi connectivity index (χ1) is 18.4. The van der Waals surface area contributed by atoms with Gasteiger partial charge in [-0.2, -0.15) is 5.10 Å². The fraction of sp³-hybridized carbons (Fsp3) is 0.517. The Labute approximate surface area is 223 Å². The lowest BCUT2D eigenvalue weighted by Crippen LogP contribution is -2.44. The van der Waals surface area contributed by atoms with Crippen molar-refractivity contribution in [1.82, 2.24) is 24.4 Å². The molecule has 0 N–H and O–H groups in total. The molecule has 4 heterocycles. The number of amides is 1. The van der Waals surface area contributed by atoms with Gasteiger partial charge in [0.2, 0.25) is 0 Å². The summed E-state index contributed by atoms with van der Waals surface area (Å²) in [4.78, 5) is 34.1. The number of likely N-dealkylation sites (tertiary alicyclic amines) is 2. The van der Waals surface area contributed by atoms with Gasteiger partial charge < -0.3 is 14.4 Å². The Bertz CT molecular complexity index is 1300. The van der Waals surface area contributed by atoms with Crippen LogP contribution in [0.5, 0.6) is 5.75 Å². The van der Waals surface area contributed by atoms with E-state index in [1.807, 2.05) is 43.9 Å². The van der Waals surface area contributed by atoms with Crippen LogP contribution in [0.15, 0.2) is 36.4 Å². The number of aromatic nitrogens is 3. The molecule has 2 saturated heterocycles. The van der Waals surface area contributed by atoms with Crippen LogP contribution in [0.1, 0.15) is 66.5 Å². The van der Waals surface area contributed by atoms with Crippen LogP contribution in [0.2, 0.25) is 0 Å². The molecular formula is C29H37N5O4. The molecule has 5 rings (SSSR count). The molecule has 2 aromatic heterocycles. The van der Waals surface area contributed by atoms with E-state index < -0.39 is 0 Å². The molecular weight excluding hydrogens is 482 g/mol. The zero-order valence-corrected chi connectivity index (χ0v) is 22.6. The lowest BCUT2D eigenvalue weighted by Gasteiger charge is -2.34. The summed E-state index contributed by atoms with van der Waals surface area (Å²) in [5, 5.41) is 4.50. The maximum Gasteiger partial charge on any atom is 0.323 e. The molecule has 3 aromatic rings. The minimum Gasteiger partial charge on any atom is -0.490 e. The van der Waals surface area contributed by atoms with Crippen LogP contribution in [-0.2, 0) is 16.1 Å². The smallest absolute Gasteiger partial charge is 0.323 e. The van der Waals surface area contributed by atoms with E-state index in [0.717, 1.165) is 61.3 Å². The van der Waals surface area contributed by atoms with E-state index in [4.69, 9.17) is 9.47 Å². The van der Waals surface area contributed by atoms with Gasteiger partial charge in [0.05, 0.1) is 6.61 Å². The first-order valence-corrected chi connectivity index (χ1v) is 13.7. The molecule has 1 atom stereocenters. The van der Waals surface area contributed by atoms with Gasteiger partial charge in [-0.05, 0) is 63.9 Å². The summed E-state index contributed by atoms with van der Waals surface area (Å²) < 4.78 is 13.4. The first kappa shape index (κ1) is 26.2. The minimum absolute atomic E-state index is 0.0456. The van der Waals surface area contributed by atoms with E-state index in [-0.39, 0.29) is 24.0 Å². The van der Waals surface area contributed by atoms with Crippen molar-refractivity contribution in [3.63, 3.8) is 0 Å². The van der Waals surface area contributed by atoms with Gasteiger partial charge in [0.15, 0.2) is 11.3 Å². The van der Waals surface area contributed by atoms with Crippen LogP contribution in [0, 0.1) is 13.8 Å². The Kier molecular flexibility index (Phi) is 7.93. The summed E-state index contributed by atoms with van der Waals surface area (Å²) in [6.07, 6.45) is 4.56. The van der Waals surface area contributed by atoms with Gasteiger partial charge in [-0.15, -0.1) is 0 Å². The second-order valence-electron chi connectivity index (χ2n) is 10.3. The standard InChI is InChI=1S/C29H37N5O4/c1-4-37-29(36)26-10-5-6-13-33(26)19-22-8-7-9-24(17-22)38-23-11-14-32(15-12-23)28(35)25-18-27-30-20(2)16-21(3)34(27)31-25/h7-9,16-18,23,26H,4-6,10-15,19H2,1-3H3/t26-/m1/s1. The molecule has 9 heteroatoms. The van der Waals surface area contributed by atoms with Crippen LogP contribution in [0.25, 0.3) is 5.65 Å². The number of ether oxygens (including phenoxy) is 2. The molecule has 1 aromatic carbocycles. The van der Waals surface area contributed by atoms with Gasteiger partial charge >= 0.3 is 5.97 Å². The minimum atomic E-state index is -0.174. The number of hydrogen-bond acceptors (Lipinski definition) is 7. The number of esters is 1. The highest BCUT2D eigenvalue weighted by atomic mass is 16.5. The molecule has 202 valence electrons. The van der Waals surface area contributed by atoms with E-state index in [2.05, 4.69) is 27.1 Å². The van der Waals surface area contributed by atoms with Gasteiger partial charge in [0.25, 0.3) is 5.91 Å². The molecule has 1 amide bonds. The van der Waals surface area contributed by atoms with Crippen molar-refractivity contribution in [3.05, 3.63) is 59.0 Å². The number of benzene rings is 1. The number of aryl methyl sites for hydroxylation is 2. The molecule has 0 unspecified atom stereocenters. The highest BCUT2D eigenvalue weighted by molar-refractivity contribution is 5.93. The average Bonchev–Trinajstić information content (AvgIpc) is 3.34. The average molecular weight is 520 g/mol. The van der Waals surface area contributed by atoms with E-state index in [1.54, 1.807) is 10.6 Å². The summed E-state index contributed by atoms with van der Waals surface area (Å²) in [7, 11) is 0. The predicted octanol–water partition coefficient (Wildman–Crippen LogP) is 3.95. The van der Waals surface area contributed by atoms with E-state index >= 15 is 0 Å². The first-order valence-electron chi connectivity index (χ1n) is 13.7. The number of rotatable bonds is 7. The van der Waals surface area contributed by atoms with Gasteiger partial charge in [-0.3, -0.25) is 14.5 Å². The van der Waals surface area contributed by atoms with Gasteiger partial charge in [0.1, 0.15) is 17.9 Å².